The Morgan fingerprint density at radius 3 is 1.11 bits per heavy atom. The molecule has 0 radical (unpaired) electrons. The number of hydrogen-bond acceptors (Lipinski definition) is 12. The first-order chi connectivity index (χ1) is 18.1. The van der Waals surface area contributed by atoms with Crippen LogP contribution in [-0.2, 0) is 46.3 Å². The van der Waals surface area contributed by atoms with Crippen LogP contribution in [0.25, 0.3) is 0 Å². The van der Waals surface area contributed by atoms with E-state index in [1.54, 1.807) is 70.9 Å². The van der Waals surface area contributed by atoms with Crippen molar-refractivity contribution in [2.75, 3.05) is 64.0 Å². The molecule has 0 aromatic carbocycles. The molecule has 1 aromatic heterocycles. The molecular formula is C23H50N2O10Si3. The van der Waals surface area contributed by atoms with Gasteiger partial charge >= 0.3 is 26.4 Å². The minimum absolute atomic E-state index is 0.168. The molecule has 0 unspecified atom stereocenters. The molecule has 0 aliphatic rings. The summed E-state index contributed by atoms with van der Waals surface area (Å²) in [6, 6.07) is 2.09. The Morgan fingerprint density at radius 1 is 0.553 bits per heavy atom. The van der Waals surface area contributed by atoms with E-state index in [9.17, 15) is 0 Å². The summed E-state index contributed by atoms with van der Waals surface area (Å²) in [5.41, 5.74) is -0.168. The Morgan fingerprint density at radius 2 is 0.868 bits per heavy atom. The Bertz CT molecular complexity index is 672. The summed E-state index contributed by atoms with van der Waals surface area (Å²) in [5.74, 6) is 1.17. The van der Waals surface area contributed by atoms with Crippen LogP contribution in [0.4, 0.5) is 0 Å². The van der Waals surface area contributed by atoms with Crippen LogP contribution in [0.5, 0.6) is 0 Å². The number of aryl methyl sites for hydroxylation is 1. The quantitative estimate of drug-likeness (QED) is 0.170. The van der Waals surface area contributed by atoms with Crippen molar-refractivity contribution in [3.8, 4) is 0 Å². The number of nitrogens with zero attached hydrogens (tertiary/aromatic N) is 2. The Kier molecular flexibility index (Phi) is 16.1. The molecule has 0 saturated heterocycles. The van der Waals surface area contributed by atoms with Gasteiger partial charge in [-0.05, 0) is 43.9 Å². The highest BCUT2D eigenvalue weighted by Crippen LogP contribution is 2.42. The molecular weight excluding hydrogens is 549 g/mol. The van der Waals surface area contributed by atoms with E-state index < -0.39 is 26.4 Å². The van der Waals surface area contributed by atoms with E-state index in [4.69, 9.17) is 44.3 Å². The fraction of sp³-hybridized carbons (Fsp3) is 0.913. The minimum Gasteiger partial charge on any atom is -0.426 e. The first-order valence-corrected chi connectivity index (χ1v) is 18.7. The van der Waals surface area contributed by atoms with Crippen molar-refractivity contribution in [3.05, 3.63) is 11.8 Å². The number of aromatic nitrogens is 2. The van der Waals surface area contributed by atoms with Gasteiger partial charge < -0.3 is 44.3 Å². The van der Waals surface area contributed by atoms with E-state index in [1.165, 1.54) is 0 Å². The molecule has 0 saturated carbocycles. The van der Waals surface area contributed by atoms with Crippen molar-refractivity contribution in [3.63, 3.8) is 0 Å². The lowest BCUT2D eigenvalue weighted by atomic mass is 9.73. The molecule has 0 atom stereocenters. The van der Waals surface area contributed by atoms with Gasteiger partial charge in [0.2, 0.25) is 11.8 Å². The highest BCUT2D eigenvalue weighted by atomic mass is 28.4. The van der Waals surface area contributed by atoms with Gasteiger partial charge in [0.15, 0.2) is 0 Å². The van der Waals surface area contributed by atoms with E-state index in [0.717, 1.165) is 38.5 Å². The van der Waals surface area contributed by atoms with Gasteiger partial charge in [-0.15, -0.1) is 10.2 Å². The highest BCUT2D eigenvalue weighted by Gasteiger charge is 2.43. The van der Waals surface area contributed by atoms with E-state index in [0.29, 0.717) is 36.3 Å². The first-order valence-electron chi connectivity index (χ1n) is 12.9. The number of hydrogen-bond donors (Lipinski definition) is 0. The molecule has 1 aromatic rings. The SMILES string of the molecule is CO[Si](CCCC(CCC[Si](OC)(OC)OC)(CCC[Si](OC)(OC)OC)Cc1nnc(C)o1)(OC)OC. The maximum atomic E-state index is 5.85. The Hall–Kier alpha value is -0.569. The minimum atomic E-state index is -2.72. The zero-order valence-corrected chi connectivity index (χ0v) is 28.0. The van der Waals surface area contributed by atoms with Crippen LogP contribution in [0.15, 0.2) is 4.42 Å². The lowest BCUT2D eigenvalue weighted by Gasteiger charge is -2.36. The molecule has 38 heavy (non-hydrogen) atoms. The van der Waals surface area contributed by atoms with Gasteiger partial charge in [0, 0.05) is 95.5 Å². The topological polar surface area (TPSA) is 122 Å². The van der Waals surface area contributed by atoms with Crippen molar-refractivity contribution in [2.24, 2.45) is 5.41 Å². The molecule has 1 heterocycles. The average Bonchev–Trinajstić information content (AvgIpc) is 3.36. The summed E-state index contributed by atoms with van der Waals surface area (Å²) in [7, 11) is 6.61. The summed E-state index contributed by atoms with van der Waals surface area (Å²) in [5, 5.41) is 8.41. The summed E-state index contributed by atoms with van der Waals surface area (Å²) in [6.45, 7) is 1.80. The maximum Gasteiger partial charge on any atom is 0.500 e. The molecule has 1 rings (SSSR count). The predicted molar refractivity (Wildman–Crippen MR) is 148 cm³/mol. The summed E-state index contributed by atoms with van der Waals surface area (Å²) in [4.78, 5) is 0. The van der Waals surface area contributed by atoms with Gasteiger partial charge in [0.1, 0.15) is 0 Å². The van der Waals surface area contributed by atoms with Crippen LogP contribution < -0.4 is 0 Å². The van der Waals surface area contributed by atoms with E-state index in [-0.39, 0.29) is 5.41 Å². The van der Waals surface area contributed by atoms with Gasteiger partial charge in [0.25, 0.3) is 0 Å². The van der Waals surface area contributed by atoms with Gasteiger partial charge in [0.05, 0.1) is 0 Å². The maximum absolute atomic E-state index is 5.85. The average molecular weight is 599 g/mol. The molecule has 224 valence electrons. The third kappa shape index (κ3) is 10.1. The van der Waals surface area contributed by atoms with Gasteiger partial charge in [-0.2, -0.15) is 0 Å². The molecule has 0 aliphatic heterocycles. The van der Waals surface area contributed by atoms with Crippen LogP contribution in [0.1, 0.15) is 50.3 Å². The third-order valence-electron chi connectivity index (χ3n) is 7.46. The second-order valence-corrected chi connectivity index (χ2v) is 18.6. The zero-order chi connectivity index (χ0) is 28.7. The smallest absolute Gasteiger partial charge is 0.426 e. The van der Waals surface area contributed by atoms with Crippen LogP contribution >= 0.6 is 0 Å². The van der Waals surface area contributed by atoms with Crippen molar-refractivity contribution >= 4 is 26.4 Å². The van der Waals surface area contributed by atoms with E-state index in [2.05, 4.69) is 10.2 Å². The van der Waals surface area contributed by atoms with Crippen LogP contribution in [0.3, 0.4) is 0 Å². The molecule has 12 nitrogen and oxygen atoms in total. The lowest BCUT2D eigenvalue weighted by Crippen LogP contribution is -2.44. The predicted octanol–water partition coefficient (Wildman–Crippen LogP) is 3.88. The van der Waals surface area contributed by atoms with Crippen molar-refractivity contribution in [2.45, 2.75) is 70.0 Å². The lowest BCUT2D eigenvalue weighted by molar-refractivity contribution is 0.112. The highest BCUT2D eigenvalue weighted by molar-refractivity contribution is 6.61. The fourth-order valence-corrected chi connectivity index (χ4v) is 10.2. The van der Waals surface area contributed by atoms with Crippen molar-refractivity contribution in [1.82, 2.24) is 10.2 Å². The summed E-state index contributed by atoms with van der Waals surface area (Å²) >= 11 is 0. The fourth-order valence-electron chi connectivity index (χ4n) is 5.08. The molecule has 0 spiro atoms. The molecule has 0 fully saturated rings. The van der Waals surface area contributed by atoms with Crippen LogP contribution in [0.2, 0.25) is 18.1 Å². The number of rotatable bonds is 23. The van der Waals surface area contributed by atoms with E-state index in [1.807, 2.05) is 0 Å². The van der Waals surface area contributed by atoms with Crippen LogP contribution in [-0.4, -0.2) is 101 Å². The second-order valence-electron chi connectivity index (χ2n) is 9.34. The largest absolute Gasteiger partial charge is 0.500 e. The van der Waals surface area contributed by atoms with Gasteiger partial charge in [-0.1, -0.05) is 0 Å². The molecule has 0 N–H and O–H groups in total. The Balaban J connectivity index is 3.25. The molecule has 0 aliphatic carbocycles. The second kappa shape index (κ2) is 17.3. The normalized spacial score (nSPS) is 13.4. The van der Waals surface area contributed by atoms with E-state index >= 15 is 0 Å². The van der Waals surface area contributed by atoms with Gasteiger partial charge in [-0.3, -0.25) is 0 Å². The monoisotopic (exact) mass is 598 g/mol. The first kappa shape index (κ1) is 35.5. The zero-order valence-electron chi connectivity index (χ0n) is 25.0. The molecule has 0 bridgehead atoms. The van der Waals surface area contributed by atoms with Crippen molar-refractivity contribution in [1.29, 1.82) is 0 Å². The van der Waals surface area contributed by atoms with Crippen molar-refractivity contribution < 1.29 is 44.3 Å². The molecule has 15 heteroatoms. The van der Waals surface area contributed by atoms with Crippen LogP contribution in [0, 0.1) is 12.3 Å². The van der Waals surface area contributed by atoms with Gasteiger partial charge in [-0.25, -0.2) is 0 Å². The molecule has 0 amide bonds. The summed E-state index contributed by atoms with van der Waals surface area (Å²) in [6.07, 6.45) is 5.80. The standard InChI is InChI=1S/C23H50N2O10Si3/c1-21-24-25-22(35-21)20-23(14-11-17-36(26-2,27-3)28-4,15-12-18-37(29-5,30-6)31-7)16-13-19-38(32-8,33-9)34-10/h11-20H2,1-10H3. The Labute approximate surface area is 232 Å². The summed E-state index contributed by atoms with van der Waals surface area (Å²) < 4.78 is 56.9. The third-order valence-corrected chi connectivity index (χ3v) is 16.0.